The zero-order chi connectivity index (χ0) is 8.43. The summed E-state index contributed by atoms with van der Waals surface area (Å²) in [5, 5.41) is 18.5. The van der Waals surface area contributed by atoms with Gasteiger partial charge in [0, 0.05) is 13.5 Å². The lowest BCUT2D eigenvalue weighted by atomic mass is 10.0. The van der Waals surface area contributed by atoms with Gasteiger partial charge in [-0.05, 0) is 6.92 Å². The van der Waals surface area contributed by atoms with Gasteiger partial charge >= 0.3 is 0 Å². The first-order valence-corrected chi connectivity index (χ1v) is 3.69. The largest absolute Gasteiger partial charge is 0.388 e. The summed E-state index contributed by atoms with van der Waals surface area (Å²) in [6, 6.07) is 0. The van der Waals surface area contributed by atoms with E-state index in [1.807, 2.05) is 0 Å². The highest BCUT2D eigenvalue weighted by Crippen LogP contribution is 2.20. The third-order valence-corrected chi connectivity index (χ3v) is 1.97. The van der Waals surface area contributed by atoms with Crippen LogP contribution in [-0.2, 0) is 9.47 Å². The van der Waals surface area contributed by atoms with Crippen LogP contribution >= 0.6 is 0 Å². The highest BCUT2D eigenvalue weighted by atomic mass is 16.6. The quantitative estimate of drug-likeness (QED) is 0.545. The molecule has 2 N–H and O–H groups in total. The van der Waals surface area contributed by atoms with E-state index in [1.54, 1.807) is 6.92 Å². The van der Waals surface area contributed by atoms with Gasteiger partial charge in [-0.2, -0.15) is 0 Å². The van der Waals surface area contributed by atoms with E-state index in [2.05, 4.69) is 0 Å². The van der Waals surface area contributed by atoms with Gasteiger partial charge < -0.3 is 19.7 Å². The lowest BCUT2D eigenvalue weighted by Gasteiger charge is -2.34. The Morgan fingerprint density at radius 2 is 2.09 bits per heavy atom. The maximum atomic E-state index is 9.39. The van der Waals surface area contributed by atoms with Crippen LogP contribution in [-0.4, -0.2) is 41.9 Å². The van der Waals surface area contributed by atoms with Gasteiger partial charge in [0.05, 0.1) is 12.2 Å². The van der Waals surface area contributed by atoms with E-state index >= 15 is 0 Å². The number of hydrogen-bond acceptors (Lipinski definition) is 4. The molecule has 0 spiro atoms. The second-order valence-electron chi connectivity index (χ2n) is 2.80. The van der Waals surface area contributed by atoms with Gasteiger partial charge in [0.25, 0.3) is 0 Å². The molecule has 0 saturated carbocycles. The molecule has 1 heterocycles. The van der Waals surface area contributed by atoms with Gasteiger partial charge in [-0.15, -0.1) is 0 Å². The van der Waals surface area contributed by atoms with Crippen LogP contribution in [0.5, 0.6) is 0 Å². The van der Waals surface area contributed by atoms with Crippen molar-refractivity contribution in [2.75, 3.05) is 7.11 Å². The van der Waals surface area contributed by atoms with E-state index in [4.69, 9.17) is 14.6 Å². The Morgan fingerprint density at radius 1 is 1.45 bits per heavy atom. The molecule has 1 rings (SSSR count). The van der Waals surface area contributed by atoms with Crippen LogP contribution in [0.15, 0.2) is 0 Å². The van der Waals surface area contributed by atoms with Crippen molar-refractivity contribution in [1.29, 1.82) is 0 Å². The van der Waals surface area contributed by atoms with Crippen molar-refractivity contribution in [2.24, 2.45) is 0 Å². The average Bonchev–Trinajstić information content (AvgIpc) is 1.96. The summed E-state index contributed by atoms with van der Waals surface area (Å²) in [6.45, 7) is 1.71. The monoisotopic (exact) mass is 162 g/mol. The van der Waals surface area contributed by atoms with Gasteiger partial charge in [-0.25, -0.2) is 0 Å². The summed E-state index contributed by atoms with van der Waals surface area (Å²) in [4.78, 5) is 0. The minimum atomic E-state index is -0.807. The van der Waals surface area contributed by atoms with E-state index in [9.17, 15) is 5.11 Å². The zero-order valence-electron chi connectivity index (χ0n) is 6.73. The molecular formula is C7H14O4. The van der Waals surface area contributed by atoms with Crippen LogP contribution in [0.25, 0.3) is 0 Å². The summed E-state index contributed by atoms with van der Waals surface area (Å²) in [7, 11) is 1.51. The molecule has 0 radical (unpaired) electrons. The SMILES string of the molecule is CO[C@@H]1C[C@H](O)O[C@H](C)[C@@H]1O. The van der Waals surface area contributed by atoms with E-state index in [1.165, 1.54) is 7.11 Å². The Morgan fingerprint density at radius 3 is 2.64 bits per heavy atom. The van der Waals surface area contributed by atoms with Crippen molar-refractivity contribution in [3.63, 3.8) is 0 Å². The fraction of sp³-hybridized carbons (Fsp3) is 1.00. The van der Waals surface area contributed by atoms with Crippen LogP contribution in [0.3, 0.4) is 0 Å². The maximum absolute atomic E-state index is 9.39. The molecule has 11 heavy (non-hydrogen) atoms. The Balaban J connectivity index is 2.51. The molecular weight excluding hydrogens is 148 g/mol. The first kappa shape index (κ1) is 8.93. The lowest BCUT2D eigenvalue weighted by molar-refractivity contribution is -0.231. The van der Waals surface area contributed by atoms with Crippen molar-refractivity contribution in [2.45, 2.75) is 37.9 Å². The predicted molar refractivity (Wildman–Crippen MR) is 38.0 cm³/mol. The molecule has 0 amide bonds. The highest BCUT2D eigenvalue weighted by molar-refractivity contribution is 4.80. The number of aliphatic hydroxyl groups excluding tert-OH is 2. The van der Waals surface area contributed by atoms with Crippen LogP contribution in [0, 0.1) is 0 Å². The van der Waals surface area contributed by atoms with E-state index in [-0.39, 0.29) is 12.2 Å². The van der Waals surface area contributed by atoms with Gasteiger partial charge in [0.2, 0.25) is 0 Å². The van der Waals surface area contributed by atoms with Gasteiger partial charge in [-0.1, -0.05) is 0 Å². The number of aliphatic hydroxyl groups is 2. The fourth-order valence-corrected chi connectivity index (χ4v) is 1.26. The third kappa shape index (κ3) is 1.90. The molecule has 0 aliphatic carbocycles. The van der Waals surface area contributed by atoms with Crippen molar-refractivity contribution in [3.05, 3.63) is 0 Å². The molecule has 1 fully saturated rings. The first-order chi connectivity index (χ1) is 5.15. The zero-order valence-corrected chi connectivity index (χ0v) is 6.73. The topological polar surface area (TPSA) is 58.9 Å². The van der Waals surface area contributed by atoms with Gasteiger partial charge in [0.1, 0.15) is 6.10 Å². The van der Waals surface area contributed by atoms with E-state index < -0.39 is 12.4 Å². The molecule has 66 valence electrons. The van der Waals surface area contributed by atoms with Crippen molar-refractivity contribution in [1.82, 2.24) is 0 Å². The number of ether oxygens (including phenoxy) is 2. The summed E-state index contributed by atoms with van der Waals surface area (Å²) < 4.78 is 9.91. The number of methoxy groups -OCH3 is 1. The molecule has 1 aliphatic heterocycles. The molecule has 0 aromatic rings. The maximum Gasteiger partial charge on any atom is 0.157 e. The second kappa shape index (κ2) is 3.49. The number of rotatable bonds is 1. The molecule has 0 aromatic heterocycles. The lowest BCUT2D eigenvalue weighted by Crippen LogP contribution is -2.47. The fourth-order valence-electron chi connectivity index (χ4n) is 1.26. The molecule has 0 bridgehead atoms. The Kier molecular flexibility index (Phi) is 2.84. The second-order valence-corrected chi connectivity index (χ2v) is 2.80. The summed E-state index contributed by atoms with van der Waals surface area (Å²) in [5.74, 6) is 0. The number of hydrogen-bond donors (Lipinski definition) is 2. The third-order valence-electron chi connectivity index (χ3n) is 1.97. The minimum absolute atomic E-state index is 0.311. The van der Waals surface area contributed by atoms with Gasteiger partial charge in [0.15, 0.2) is 6.29 Å². The Bertz CT molecular complexity index is 128. The molecule has 0 unspecified atom stereocenters. The van der Waals surface area contributed by atoms with Crippen LogP contribution in [0.1, 0.15) is 13.3 Å². The Labute approximate surface area is 65.7 Å². The van der Waals surface area contributed by atoms with Crippen molar-refractivity contribution >= 4 is 0 Å². The minimum Gasteiger partial charge on any atom is -0.388 e. The summed E-state index contributed by atoms with van der Waals surface area (Å²) in [6.07, 6.45) is -1.78. The normalized spacial score (nSPS) is 45.8. The van der Waals surface area contributed by atoms with E-state index in [0.29, 0.717) is 6.42 Å². The summed E-state index contributed by atoms with van der Waals surface area (Å²) >= 11 is 0. The van der Waals surface area contributed by atoms with Crippen molar-refractivity contribution < 1.29 is 19.7 Å². The smallest absolute Gasteiger partial charge is 0.157 e. The Hall–Kier alpha value is -0.160. The van der Waals surface area contributed by atoms with Crippen molar-refractivity contribution in [3.8, 4) is 0 Å². The molecule has 4 nitrogen and oxygen atoms in total. The molecule has 1 saturated heterocycles. The van der Waals surface area contributed by atoms with Gasteiger partial charge in [-0.3, -0.25) is 0 Å². The molecule has 4 heteroatoms. The first-order valence-electron chi connectivity index (χ1n) is 3.69. The molecule has 4 atom stereocenters. The standard InChI is InChI=1S/C7H14O4/c1-4-7(9)5(10-2)3-6(8)11-4/h4-9H,3H2,1-2H3/t4-,5-,6-,7+/m1/s1. The highest BCUT2D eigenvalue weighted by Gasteiger charge is 2.34. The average molecular weight is 162 g/mol. The molecule has 1 aliphatic rings. The van der Waals surface area contributed by atoms with Crippen LogP contribution < -0.4 is 0 Å². The van der Waals surface area contributed by atoms with E-state index in [0.717, 1.165) is 0 Å². The van der Waals surface area contributed by atoms with Crippen LogP contribution in [0.4, 0.5) is 0 Å². The van der Waals surface area contributed by atoms with Crippen LogP contribution in [0.2, 0.25) is 0 Å². The molecule has 0 aromatic carbocycles. The summed E-state index contributed by atoms with van der Waals surface area (Å²) in [5.41, 5.74) is 0. The predicted octanol–water partition coefficient (Wildman–Crippen LogP) is -0.510.